The van der Waals surface area contributed by atoms with E-state index in [1.807, 2.05) is 36.4 Å². The van der Waals surface area contributed by atoms with Crippen molar-refractivity contribution in [1.82, 2.24) is 5.32 Å². The fourth-order valence-electron chi connectivity index (χ4n) is 2.19. The van der Waals surface area contributed by atoms with E-state index in [9.17, 15) is 0 Å². The van der Waals surface area contributed by atoms with Gasteiger partial charge in [0, 0.05) is 23.2 Å². The van der Waals surface area contributed by atoms with Crippen LogP contribution in [0, 0.1) is 0 Å². The predicted molar refractivity (Wildman–Crippen MR) is 86.3 cm³/mol. The highest BCUT2D eigenvalue weighted by Crippen LogP contribution is 2.27. The molecule has 2 rings (SSSR count). The number of ether oxygens (including phenoxy) is 2. The summed E-state index contributed by atoms with van der Waals surface area (Å²) in [5.74, 6) is 1.66. The van der Waals surface area contributed by atoms with E-state index < -0.39 is 0 Å². The molecule has 1 atom stereocenters. The van der Waals surface area contributed by atoms with Gasteiger partial charge in [0.15, 0.2) is 0 Å². The Kier molecular flexibility index (Phi) is 5.48. The van der Waals surface area contributed by atoms with Crippen molar-refractivity contribution in [3.05, 3.63) is 58.6 Å². The van der Waals surface area contributed by atoms with Crippen LogP contribution in [0.4, 0.5) is 0 Å². The molecule has 0 unspecified atom stereocenters. The predicted octanol–water partition coefficient (Wildman–Crippen LogP) is 4.21. The molecule has 0 spiro atoms. The fraction of sp³-hybridized carbons (Fsp3) is 0.294. The molecule has 0 saturated carbocycles. The number of hydrogen-bond donors (Lipinski definition) is 1. The third-order valence-electron chi connectivity index (χ3n) is 3.47. The highest BCUT2D eigenvalue weighted by molar-refractivity contribution is 6.31. The Labute approximate surface area is 130 Å². The van der Waals surface area contributed by atoms with Crippen molar-refractivity contribution in [3.63, 3.8) is 0 Å². The largest absolute Gasteiger partial charge is 0.497 e. The van der Waals surface area contributed by atoms with Crippen LogP contribution < -0.4 is 14.8 Å². The number of halogens is 1. The van der Waals surface area contributed by atoms with Crippen LogP contribution in [0.15, 0.2) is 42.5 Å². The van der Waals surface area contributed by atoms with Crippen molar-refractivity contribution in [2.24, 2.45) is 0 Å². The Bertz CT molecular complexity index is 601. The third kappa shape index (κ3) is 3.90. The van der Waals surface area contributed by atoms with Gasteiger partial charge in [-0.1, -0.05) is 29.8 Å². The van der Waals surface area contributed by atoms with Gasteiger partial charge in [-0.25, -0.2) is 0 Å². The molecular formula is C17H20ClNO2. The minimum Gasteiger partial charge on any atom is -0.497 e. The van der Waals surface area contributed by atoms with Crippen LogP contribution in [0.5, 0.6) is 11.5 Å². The molecule has 3 nitrogen and oxygen atoms in total. The zero-order chi connectivity index (χ0) is 15.2. The van der Waals surface area contributed by atoms with Gasteiger partial charge in [-0.05, 0) is 36.8 Å². The van der Waals surface area contributed by atoms with Crippen molar-refractivity contribution in [2.45, 2.75) is 19.5 Å². The summed E-state index contributed by atoms with van der Waals surface area (Å²) in [5, 5.41) is 4.17. The molecule has 2 aromatic rings. The van der Waals surface area contributed by atoms with Crippen LogP contribution in [0.1, 0.15) is 24.1 Å². The molecule has 0 aliphatic heterocycles. The van der Waals surface area contributed by atoms with Gasteiger partial charge >= 0.3 is 0 Å². The molecule has 1 N–H and O–H groups in total. The zero-order valence-corrected chi connectivity index (χ0v) is 13.3. The standard InChI is InChI=1S/C17H20ClNO2/c1-12(13-6-4-7-14(10-13)20-2)19-11-15-16(18)8-5-9-17(15)21-3/h4-10,12,19H,11H2,1-3H3/t12-/m1/s1. The molecule has 0 radical (unpaired) electrons. The van der Waals surface area contributed by atoms with Gasteiger partial charge in [-0.2, -0.15) is 0 Å². The number of benzene rings is 2. The van der Waals surface area contributed by atoms with E-state index in [2.05, 4.69) is 18.3 Å². The molecule has 0 aliphatic carbocycles. The highest BCUT2D eigenvalue weighted by atomic mass is 35.5. The van der Waals surface area contributed by atoms with E-state index in [1.54, 1.807) is 14.2 Å². The Morgan fingerprint density at radius 1 is 1.10 bits per heavy atom. The lowest BCUT2D eigenvalue weighted by Gasteiger charge is -2.17. The van der Waals surface area contributed by atoms with E-state index in [1.165, 1.54) is 5.56 Å². The molecule has 0 aromatic heterocycles. The zero-order valence-electron chi connectivity index (χ0n) is 12.5. The van der Waals surface area contributed by atoms with Gasteiger partial charge in [0.1, 0.15) is 11.5 Å². The molecule has 0 fully saturated rings. The van der Waals surface area contributed by atoms with Crippen LogP contribution in [0.25, 0.3) is 0 Å². The molecular weight excluding hydrogens is 286 g/mol. The highest BCUT2D eigenvalue weighted by Gasteiger charge is 2.10. The van der Waals surface area contributed by atoms with Gasteiger partial charge in [-0.15, -0.1) is 0 Å². The van der Waals surface area contributed by atoms with Gasteiger partial charge in [0.2, 0.25) is 0 Å². The Balaban J connectivity index is 2.09. The van der Waals surface area contributed by atoms with Gasteiger partial charge in [0.05, 0.1) is 14.2 Å². The van der Waals surface area contributed by atoms with Crippen molar-refractivity contribution >= 4 is 11.6 Å². The normalized spacial score (nSPS) is 12.0. The lowest BCUT2D eigenvalue weighted by atomic mass is 10.1. The summed E-state index contributed by atoms with van der Waals surface area (Å²) in [6.07, 6.45) is 0. The second-order valence-electron chi connectivity index (χ2n) is 4.80. The first-order valence-electron chi connectivity index (χ1n) is 6.84. The molecule has 0 bridgehead atoms. The third-order valence-corrected chi connectivity index (χ3v) is 3.83. The Morgan fingerprint density at radius 3 is 2.57 bits per heavy atom. The minimum atomic E-state index is 0.182. The average molecular weight is 306 g/mol. The van der Waals surface area contributed by atoms with Crippen molar-refractivity contribution in [3.8, 4) is 11.5 Å². The molecule has 112 valence electrons. The van der Waals surface area contributed by atoms with Gasteiger partial charge < -0.3 is 14.8 Å². The van der Waals surface area contributed by atoms with Crippen molar-refractivity contribution in [1.29, 1.82) is 0 Å². The molecule has 21 heavy (non-hydrogen) atoms. The lowest BCUT2D eigenvalue weighted by molar-refractivity contribution is 0.405. The first kappa shape index (κ1) is 15.7. The van der Waals surface area contributed by atoms with Crippen molar-refractivity contribution in [2.75, 3.05) is 14.2 Å². The van der Waals surface area contributed by atoms with Crippen LogP contribution in [-0.2, 0) is 6.54 Å². The summed E-state index contributed by atoms with van der Waals surface area (Å²) in [4.78, 5) is 0. The molecule has 0 amide bonds. The second kappa shape index (κ2) is 7.34. The number of nitrogens with one attached hydrogen (secondary N) is 1. The quantitative estimate of drug-likeness (QED) is 0.867. The van der Waals surface area contributed by atoms with Gasteiger partial charge in [0.25, 0.3) is 0 Å². The first-order chi connectivity index (χ1) is 10.2. The number of hydrogen-bond acceptors (Lipinski definition) is 3. The van der Waals surface area contributed by atoms with E-state index in [0.29, 0.717) is 11.6 Å². The molecule has 4 heteroatoms. The van der Waals surface area contributed by atoms with E-state index >= 15 is 0 Å². The fourth-order valence-corrected chi connectivity index (χ4v) is 2.42. The Morgan fingerprint density at radius 2 is 1.86 bits per heavy atom. The summed E-state index contributed by atoms with van der Waals surface area (Å²) in [7, 11) is 3.33. The number of methoxy groups -OCH3 is 2. The second-order valence-corrected chi connectivity index (χ2v) is 5.21. The SMILES string of the molecule is COc1cccc([C@@H](C)NCc2c(Cl)cccc2OC)c1. The van der Waals surface area contributed by atoms with Crippen LogP contribution in [-0.4, -0.2) is 14.2 Å². The molecule has 0 aliphatic rings. The minimum absolute atomic E-state index is 0.182. The average Bonchev–Trinajstić information content (AvgIpc) is 2.53. The summed E-state index contributed by atoms with van der Waals surface area (Å²) < 4.78 is 10.6. The van der Waals surface area contributed by atoms with Crippen LogP contribution in [0.2, 0.25) is 5.02 Å². The maximum atomic E-state index is 6.25. The van der Waals surface area contributed by atoms with Crippen LogP contribution in [0.3, 0.4) is 0 Å². The van der Waals surface area contributed by atoms with E-state index in [0.717, 1.165) is 17.1 Å². The first-order valence-corrected chi connectivity index (χ1v) is 7.22. The number of rotatable bonds is 6. The maximum absolute atomic E-state index is 6.25. The molecule has 2 aromatic carbocycles. The van der Waals surface area contributed by atoms with Gasteiger partial charge in [-0.3, -0.25) is 0 Å². The molecule has 0 saturated heterocycles. The van der Waals surface area contributed by atoms with Crippen LogP contribution >= 0.6 is 11.6 Å². The Hall–Kier alpha value is -1.71. The van der Waals surface area contributed by atoms with Crippen molar-refractivity contribution < 1.29 is 9.47 Å². The molecule has 0 heterocycles. The smallest absolute Gasteiger partial charge is 0.124 e. The monoisotopic (exact) mass is 305 g/mol. The van der Waals surface area contributed by atoms with E-state index in [4.69, 9.17) is 21.1 Å². The topological polar surface area (TPSA) is 30.5 Å². The van der Waals surface area contributed by atoms with E-state index in [-0.39, 0.29) is 6.04 Å². The summed E-state index contributed by atoms with van der Waals surface area (Å²) in [6, 6.07) is 13.9. The maximum Gasteiger partial charge on any atom is 0.124 e. The lowest BCUT2D eigenvalue weighted by Crippen LogP contribution is -2.18. The summed E-state index contributed by atoms with van der Waals surface area (Å²) in [5.41, 5.74) is 2.14. The summed E-state index contributed by atoms with van der Waals surface area (Å²) in [6.45, 7) is 2.75. The summed E-state index contributed by atoms with van der Waals surface area (Å²) >= 11 is 6.25.